The number of hydrogen-bond donors (Lipinski definition) is 1. The van der Waals surface area contributed by atoms with E-state index in [0.717, 1.165) is 36.9 Å². The van der Waals surface area contributed by atoms with Gasteiger partial charge in [-0.2, -0.15) is 0 Å². The Hall–Kier alpha value is -1.24. The van der Waals surface area contributed by atoms with E-state index in [2.05, 4.69) is 26.6 Å². The van der Waals surface area contributed by atoms with E-state index in [-0.39, 0.29) is 5.75 Å². The van der Waals surface area contributed by atoms with Crippen LogP contribution in [0.3, 0.4) is 0 Å². The molecule has 3 rings (SSSR count). The minimum Gasteiger partial charge on any atom is -0.481 e. The van der Waals surface area contributed by atoms with E-state index in [4.69, 9.17) is 5.11 Å². The van der Waals surface area contributed by atoms with Gasteiger partial charge >= 0.3 is 5.97 Å². The molecular formula is C14H22N4O2S. The first-order valence-electron chi connectivity index (χ1n) is 7.76. The van der Waals surface area contributed by atoms with Gasteiger partial charge in [0.1, 0.15) is 0 Å². The molecule has 1 aliphatic carbocycles. The smallest absolute Gasteiger partial charge is 0.313 e. The second-order valence-corrected chi connectivity index (χ2v) is 6.76. The lowest BCUT2D eigenvalue weighted by molar-refractivity contribution is -0.133. The summed E-state index contributed by atoms with van der Waals surface area (Å²) in [6, 6.07) is 1.00. The van der Waals surface area contributed by atoms with Crippen molar-refractivity contribution in [3.8, 4) is 0 Å². The fourth-order valence-electron chi connectivity index (χ4n) is 3.03. The fourth-order valence-corrected chi connectivity index (χ4v) is 3.75. The van der Waals surface area contributed by atoms with Gasteiger partial charge in [-0.25, -0.2) is 0 Å². The molecule has 2 fully saturated rings. The zero-order valence-corrected chi connectivity index (χ0v) is 13.2. The summed E-state index contributed by atoms with van der Waals surface area (Å²) < 4.78 is 2.18. The maximum atomic E-state index is 10.8. The first kappa shape index (κ1) is 14.7. The Kier molecular flexibility index (Phi) is 4.37. The summed E-state index contributed by atoms with van der Waals surface area (Å²) >= 11 is 1.28. The molecule has 0 aromatic carbocycles. The van der Waals surface area contributed by atoms with Crippen LogP contribution in [0.4, 0.5) is 5.95 Å². The zero-order chi connectivity index (χ0) is 14.8. The number of aliphatic carboxylic acids is 1. The molecule has 1 atom stereocenters. The molecule has 0 radical (unpaired) electrons. The summed E-state index contributed by atoms with van der Waals surface area (Å²) in [4.78, 5) is 13.2. The second-order valence-electron chi connectivity index (χ2n) is 5.82. The summed E-state index contributed by atoms with van der Waals surface area (Å²) in [5.74, 6) is 0.190. The molecule has 1 saturated carbocycles. The van der Waals surface area contributed by atoms with Crippen molar-refractivity contribution >= 4 is 23.7 Å². The maximum absolute atomic E-state index is 10.8. The Balaban J connectivity index is 1.85. The Bertz CT molecular complexity index is 515. The normalized spacial score (nSPS) is 22.5. The third kappa shape index (κ3) is 3.17. The molecule has 1 aromatic rings. The maximum Gasteiger partial charge on any atom is 0.313 e. The van der Waals surface area contributed by atoms with E-state index in [1.807, 2.05) is 0 Å². The van der Waals surface area contributed by atoms with Gasteiger partial charge in [-0.1, -0.05) is 18.7 Å². The van der Waals surface area contributed by atoms with Crippen LogP contribution >= 0.6 is 11.8 Å². The summed E-state index contributed by atoms with van der Waals surface area (Å²) in [6.07, 6.45) is 7.12. The van der Waals surface area contributed by atoms with Crippen LogP contribution in [0.25, 0.3) is 0 Å². The van der Waals surface area contributed by atoms with E-state index in [9.17, 15) is 4.79 Å². The van der Waals surface area contributed by atoms with Gasteiger partial charge in [0, 0.05) is 18.6 Å². The summed E-state index contributed by atoms with van der Waals surface area (Å²) in [5, 5.41) is 18.3. The number of hydrogen-bond acceptors (Lipinski definition) is 5. The molecule has 1 N–H and O–H groups in total. The monoisotopic (exact) mass is 310 g/mol. The molecule has 0 amide bonds. The van der Waals surface area contributed by atoms with Crippen molar-refractivity contribution in [2.45, 2.75) is 62.7 Å². The molecule has 1 aromatic heterocycles. The predicted octanol–water partition coefficient (Wildman–Crippen LogP) is 2.56. The molecular weight excluding hydrogens is 288 g/mol. The summed E-state index contributed by atoms with van der Waals surface area (Å²) in [7, 11) is 0. The Labute approximate surface area is 128 Å². The highest BCUT2D eigenvalue weighted by Gasteiger charge is 2.34. The van der Waals surface area contributed by atoms with Crippen LogP contribution in [0, 0.1) is 0 Å². The number of carboxylic acid groups (broad SMARTS) is 1. The van der Waals surface area contributed by atoms with Gasteiger partial charge < -0.3 is 10.0 Å². The van der Waals surface area contributed by atoms with E-state index in [0.29, 0.717) is 12.1 Å². The first-order chi connectivity index (χ1) is 10.2. The number of carbonyl (C=O) groups is 1. The number of thioether (sulfide) groups is 1. The molecule has 2 aliphatic rings. The molecule has 1 aliphatic heterocycles. The molecule has 1 unspecified atom stereocenters. The molecule has 2 heterocycles. The Morgan fingerprint density at radius 1 is 1.33 bits per heavy atom. The van der Waals surface area contributed by atoms with E-state index in [1.54, 1.807) is 0 Å². The van der Waals surface area contributed by atoms with E-state index >= 15 is 0 Å². The van der Waals surface area contributed by atoms with Crippen LogP contribution in [0.5, 0.6) is 0 Å². The zero-order valence-electron chi connectivity index (χ0n) is 12.4. The predicted molar refractivity (Wildman–Crippen MR) is 81.9 cm³/mol. The standard InChI is InChI=1S/C14H22N4O2S/c1-2-10-5-3-4-8-17(10)13-15-16-14(21-9-12(19)20)18(13)11-6-7-11/h10-11H,2-9H2,1H3,(H,19,20). The van der Waals surface area contributed by atoms with Crippen molar-refractivity contribution in [1.29, 1.82) is 0 Å². The van der Waals surface area contributed by atoms with Crippen LogP contribution in [-0.4, -0.2) is 44.2 Å². The van der Waals surface area contributed by atoms with E-state index < -0.39 is 5.97 Å². The largest absolute Gasteiger partial charge is 0.481 e. The van der Waals surface area contributed by atoms with Gasteiger partial charge in [0.2, 0.25) is 5.95 Å². The highest BCUT2D eigenvalue weighted by Crippen LogP contribution is 2.42. The van der Waals surface area contributed by atoms with Crippen molar-refractivity contribution in [2.75, 3.05) is 17.2 Å². The highest BCUT2D eigenvalue weighted by molar-refractivity contribution is 7.99. The minimum atomic E-state index is -0.809. The van der Waals surface area contributed by atoms with Crippen molar-refractivity contribution in [3.05, 3.63) is 0 Å². The molecule has 0 spiro atoms. The third-order valence-corrected chi connectivity index (χ3v) is 5.17. The van der Waals surface area contributed by atoms with E-state index in [1.165, 1.54) is 31.0 Å². The lowest BCUT2D eigenvalue weighted by Gasteiger charge is -2.36. The number of anilines is 1. The molecule has 7 heteroatoms. The van der Waals surface area contributed by atoms with Gasteiger partial charge in [0.25, 0.3) is 0 Å². The van der Waals surface area contributed by atoms with Crippen molar-refractivity contribution < 1.29 is 9.90 Å². The van der Waals surface area contributed by atoms with Gasteiger partial charge in [-0.15, -0.1) is 10.2 Å². The molecule has 6 nitrogen and oxygen atoms in total. The third-order valence-electron chi connectivity index (χ3n) is 4.24. The summed E-state index contributed by atoms with van der Waals surface area (Å²) in [5.41, 5.74) is 0. The topological polar surface area (TPSA) is 71.2 Å². The minimum absolute atomic E-state index is 0.0437. The lowest BCUT2D eigenvalue weighted by Crippen LogP contribution is -2.40. The van der Waals surface area contributed by atoms with Gasteiger partial charge in [-0.3, -0.25) is 9.36 Å². The Morgan fingerprint density at radius 3 is 2.81 bits per heavy atom. The average Bonchev–Trinajstić information content (AvgIpc) is 3.24. The quantitative estimate of drug-likeness (QED) is 0.814. The Morgan fingerprint density at radius 2 is 2.14 bits per heavy atom. The highest BCUT2D eigenvalue weighted by atomic mass is 32.2. The average molecular weight is 310 g/mol. The summed E-state index contributed by atoms with van der Waals surface area (Å²) in [6.45, 7) is 3.26. The van der Waals surface area contributed by atoms with Crippen LogP contribution in [0.2, 0.25) is 0 Å². The number of carboxylic acids is 1. The van der Waals surface area contributed by atoms with Crippen LogP contribution in [0.15, 0.2) is 5.16 Å². The number of aromatic nitrogens is 3. The van der Waals surface area contributed by atoms with Gasteiger partial charge in [0.05, 0.1) is 5.75 Å². The number of piperidine rings is 1. The number of rotatable bonds is 6. The van der Waals surface area contributed by atoms with Gasteiger partial charge in [-0.05, 0) is 38.5 Å². The SMILES string of the molecule is CCC1CCCCN1c1nnc(SCC(=O)O)n1C1CC1. The fraction of sp³-hybridized carbons (Fsp3) is 0.786. The van der Waals surface area contributed by atoms with Crippen molar-refractivity contribution in [1.82, 2.24) is 14.8 Å². The molecule has 116 valence electrons. The second kappa shape index (κ2) is 6.25. The number of nitrogens with zero attached hydrogens (tertiary/aromatic N) is 4. The van der Waals surface area contributed by atoms with Gasteiger partial charge in [0.15, 0.2) is 5.16 Å². The first-order valence-corrected chi connectivity index (χ1v) is 8.75. The van der Waals surface area contributed by atoms with Crippen molar-refractivity contribution in [2.24, 2.45) is 0 Å². The van der Waals surface area contributed by atoms with Crippen LogP contribution in [0.1, 0.15) is 51.5 Å². The molecule has 1 saturated heterocycles. The van der Waals surface area contributed by atoms with Crippen LogP contribution < -0.4 is 4.90 Å². The molecule has 0 bridgehead atoms. The molecule has 21 heavy (non-hydrogen) atoms. The lowest BCUT2D eigenvalue weighted by atomic mass is 10.0. The van der Waals surface area contributed by atoms with Crippen molar-refractivity contribution in [3.63, 3.8) is 0 Å². The van der Waals surface area contributed by atoms with Crippen LogP contribution in [-0.2, 0) is 4.79 Å².